The maximum absolute atomic E-state index is 13.1. The first-order valence-electron chi connectivity index (χ1n) is 6.77. The second-order valence-corrected chi connectivity index (χ2v) is 5.34. The Balaban J connectivity index is 1.85. The number of nitrogens with zero attached hydrogens (tertiary/aromatic N) is 1. The molecule has 1 heterocycles. The average Bonchev–Trinajstić information content (AvgIpc) is 2.55. The minimum atomic E-state index is -0.928. The van der Waals surface area contributed by atoms with Crippen LogP contribution in [0.15, 0.2) is 54.7 Å². The summed E-state index contributed by atoms with van der Waals surface area (Å²) in [7, 11) is 0. The quantitative estimate of drug-likeness (QED) is 0.741. The van der Waals surface area contributed by atoms with Crippen molar-refractivity contribution in [2.24, 2.45) is 5.73 Å². The van der Waals surface area contributed by atoms with Gasteiger partial charge in [-0.05, 0) is 36.4 Å². The van der Waals surface area contributed by atoms with Gasteiger partial charge in [0.2, 0.25) is 0 Å². The number of hydrogen-bond donors (Lipinski definition) is 2. The minimum Gasteiger partial charge on any atom is -0.396 e. The first-order chi connectivity index (χ1) is 11.0. The van der Waals surface area contributed by atoms with E-state index in [1.54, 1.807) is 18.2 Å². The number of halogens is 3. The molecule has 23 heavy (non-hydrogen) atoms. The molecule has 116 valence electrons. The average molecular weight is 332 g/mol. The Morgan fingerprint density at radius 2 is 1.87 bits per heavy atom. The van der Waals surface area contributed by atoms with Crippen molar-refractivity contribution in [3.05, 3.63) is 77.1 Å². The van der Waals surface area contributed by atoms with E-state index in [1.807, 2.05) is 12.1 Å². The number of fused-ring (bicyclic) bond motifs is 1. The lowest BCUT2D eigenvalue weighted by molar-refractivity contribution is 0.509. The molecule has 3 aromatic rings. The van der Waals surface area contributed by atoms with Crippen LogP contribution in [0.3, 0.4) is 0 Å². The Labute approximate surface area is 136 Å². The summed E-state index contributed by atoms with van der Waals surface area (Å²) in [5, 5.41) is 4.35. The molecule has 0 bridgehead atoms. The third-order valence-electron chi connectivity index (χ3n) is 3.26. The zero-order valence-corrected chi connectivity index (χ0v) is 12.6. The third kappa shape index (κ3) is 3.40. The molecule has 0 atom stereocenters. The number of rotatable bonds is 3. The van der Waals surface area contributed by atoms with Crippen molar-refractivity contribution in [3.63, 3.8) is 0 Å². The monoisotopic (exact) mass is 331 g/mol. The molecule has 3 N–H and O–H groups in total. The van der Waals surface area contributed by atoms with Gasteiger partial charge in [-0.25, -0.2) is 13.8 Å². The van der Waals surface area contributed by atoms with Gasteiger partial charge < -0.3 is 11.1 Å². The molecule has 0 aliphatic carbocycles. The number of nitrogens with two attached hydrogens (primary N) is 1. The van der Waals surface area contributed by atoms with E-state index < -0.39 is 11.6 Å². The molecule has 0 aliphatic rings. The highest BCUT2D eigenvalue weighted by Crippen LogP contribution is 2.20. The molecule has 0 saturated heterocycles. The summed E-state index contributed by atoms with van der Waals surface area (Å²) >= 11 is 5.93. The number of aromatic nitrogens is 1. The van der Waals surface area contributed by atoms with Gasteiger partial charge in [0.05, 0.1) is 16.9 Å². The highest BCUT2D eigenvalue weighted by atomic mass is 35.5. The second-order valence-electron chi connectivity index (χ2n) is 4.91. The summed E-state index contributed by atoms with van der Waals surface area (Å²) in [6.07, 6.45) is 1.48. The van der Waals surface area contributed by atoms with Crippen LogP contribution >= 0.6 is 11.6 Å². The van der Waals surface area contributed by atoms with Crippen LogP contribution in [-0.4, -0.2) is 4.98 Å². The SMILES string of the molecule is N/C(=C\Nc1ccc(F)c(F)c1)c1ccc2cc(Cl)ccc2n1. The molecule has 1 aromatic heterocycles. The maximum Gasteiger partial charge on any atom is 0.160 e. The van der Waals surface area contributed by atoms with Crippen LogP contribution in [0.1, 0.15) is 5.69 Å². The van der Waals surface area contributed by atoms with E-state index in [0.29, 0.717) is 22.1 Å². The molecule has 0 unspecified atom stereocenters. The molecule has 0 amide bonds. The predicted octanol–water partition coefficient (Wildman–Crippen LogP) is 4.54. The van der Waals surface area contributed by atoms with Crippen LogP contribution < -0.4 is 11.1 Å². The van der Waals surface area contributed by atoms with E-state index in [-0.39, 0.29) is 0 Å². The van der Waals surface area contributed by atoms with Gasteiger partial charge in [-0.1, -0.05) is 17.7 Å². The highest BCUT2D eigenvalue weighted by Gasteiger charge is 2.04. The summed E-state index contributed by atoms with van der Waals surface area (Å²) in [6.45, 7) is 0. The molecule has 6 heteroatoms. The van der Waals surface area contributed by atoms with Crippen molar-refractivity contribution in [2.75, 3.05) is 5.32 Å². The molecule has 3 rings (SSSR count). The molecular formula is C17H12ClF2N3. The molecule has 0 radical (unpaired) electrons. The Bertz CT molecular complexity index is 909. The van der Waals surface area contributed by atoms with Crippen LogP contribution in [0.5, 0.6) is 0 Å². The fourth-order valence-corrected chi connectivity index (χ4v) is 2.26. The van der Waals surface area contributed by atoms with E-state index in [2.05, 4.69) is 10.3 Å². The van der Waals surface area contributed by atoms with Gasteiger partial charge in [0, 0.05) is 28.4 Å². The van der Waals surface area contributed by atoms with Crippen molar-refractivity contribution in [3.8, 4) is 0 Å². The summed E-state index contributed by atoms with van der Waals surface area (Å²) in [5.41, 5.74) is 8.05. The van der Waals surface area contributed by atoms with Crippen molar-refractivity contribution in [1.82, 2.24) is 4.98 Å². The van der Waals surface area contributed by atoms with Crippen molar-refractivity contribution >= 4 is 33.9 Å². The van der Waals surface area contributed by atoms with Gasteiger partial charge in [-0.15, -0.1) is 0 Å². The van der Waals surface area contributed by atoms with Gasteiger partial charge in [-0.2, -0.15) is 0 Å². The first-order valence-corrected chi connectivity index (χ1v) is 7.14. The fraction of sp³-hybridized carbons (Fsp3) is 0. The van der Waals surface area contributed by atoms with E-state index >= 15 is 0 Å². The zero-order chi connectivity index (χ0) is 16.4. The number of benzene rings is 2. The van der Waals surface area contributed by atoms with Gasteiger partial charge in [0.15, 0.2) is 11.6 Å². The minimum absolute atomic E-state index is 0.367. The van der Waals surface area contributed by atoms with E-state index in [0.717, 1.165) is 23.0 Å². The summed E-state index contributed by atoms with van der Waals surface area (Å²) in [6, 6.07) is 12.5. The van der Waals surface area contributed by atoms with Gasteiger partial charge in [0.25, 0.3) is 0 Å². The van der Waals surface area contributed by atoms with Gasteiger partial charge in [-0.3, -0.25) is 0 Å². The van der Waals surface area contributed by atoms with E-state index in [1.165, 1.54) is 12.3 Å². The molecular weight excluding hydrogens is 320 g/mol. The van der Waals surface area contributed by atoms with Crippen LogP contribution in [0.4, 0.5) is 14.5 Å². The number of nitrogens with one attached hydrogen (secondary N) is 1. The molecule has 0 fully saturated rings. The first kappa shape index (κ1) is 15.2. The summed E-state index contributed by atoms with van der Waals surface area (Å²) in [5.74, 6) is -1.83. The Hall–Kier alpha value is -2.66. The smallest absolute Gasteiger partial charge is 0.160 e. The third-order valence-corrected chi connectivity index (χ3v) is 3.50. The Morgan fingerprint density at radius 3 is 2.65 bits per heavy atom. The zero-order valence-electron chi connectivity index (χ0n) is 11.9. The summed E-state index contributed by atoms with van der Waals surface area (Å²) in [4.78, 5) is 4.43. The van der Waals surface area contributed by atoms with Gasteiger partial charge in [0.1, 0.15) is 0 Å². The molecule has 0 spiro atoms. The Kier molecular flexibility index (Phi) is 4.12. The van der Waals surface area contributed by atoms with Crippen molar-refractivity contribution < 1.29 is 8.78 Å². The molecule has 2 aromatic carbocycles. The lowest BCUT2D eigenvalue weighted by Crippen LogP contribution is -2.03. The standard InChI is InChI=1S/C17H12ClF2N3/c18-11-2-6-16-10(7-11)1-5-17(23-16)15(21)9-22-12-3-4-13(19)14(20)8-12/h1-9,22H,21H2/b15-9-. The topological polar surface area (TPSA) is 50.9 Å². The largest absolute Gasteiger partial charge is 0.396 e. The van der Waals surface area contributed by atoms with E-state index in [9.17, 15) is 8.78 Å². The van der Waals surface area contributed by atoms with Crippen molar-refractivity contribution in [2.45, 2.75) is 0 Å². The summed E-state index contributed by atoms with van der Waals surface area (Å²) < 4.78 is 26.0. The molecule has 0 saturated carbocycles. The highest BCUT2D eigenvalue weighted by molar-refractivity contribution is 6.31. The number of hydrogen-bond acceptors (Lipinski definition) is 3. The lowest BCUT2D eigenvalue weighted by atomic mass is 10.2. The van der Waals surface area contributed by atoms with Crippen LogP contribution in [0, 0.1) is 11.6 Å². The predicted molar refractivity (Wildman–Crippen MR) is 88.9 cm³/mol. The van der Waals surface area contributed by atoms with Crippen LogP contribution in [0.2, 0.25) is 5.02 Å². The fourth-order valence-electron chi connectivity index (χ4n) is 2.08. The lowest BCUT2D eigenvalue weighted by Gasteiger charge is -2.06. The van der Waals surface area contributed by atoms with E-state index in [4.69, 9.17) is 17.3 Å². The van der Waals surface area contributed by atoms with Crippen molar-refractivity contribution in [1.29, 1.82) is 0 Å². The normalized spacial score (nSPS) is 11.7. The number of anilines is 1. The van der Waals surface area contributed by atoms with Crippen LogP contribution in [0.25, 0.3) is 16.6 Å². The second kappa shape index (κ2) is 6.22. The molecule has 0 aliphatic heterocycles. The van der Waals surface area contributed by atoms with Gasteiger partial charge >= 0.3 is 0 Å². The number of pyridine rings is 1. The Morgan fingerprint density at radius 1 is 1.04 bits per heavy atom. The van der Waals surface area contributed by atoms with Crippen LogP contribution in [-0.2, 0) is 0 Å². The maximum atomic E-state index is 13.1. The molecule has 3 nitrogen and oxygen atoms in total.